The van der Waals surface area contributed by atoms with Crippen LogP contribution >= 0.6 is 0 Å². The first-order valence-electron chi connectivity index (χ1n) is 5.39. The molecule has 0 aliphatic rings. The standard InChI is InChI=1S/C11H21N3/c1-4-14-6-5-13-11(14)8-9(2)7-10(3)12/h5-6,9-10H,4,7-8,12H2,1-3H3. The minimum Gasteiger partial charge on any atom is -0.335 e. The molecule has 0 fully saturated rings. The molecule has 0 spiro atoms. The number of rotatable bonds is 5. The van der Waals surface area contributed by atoms with Crippen molar-refractivity contribution in [3.8, 4) is 0 Å². The lowest BCUT2D eigenvalue weighted by Gasteiger charge is -2.14. The summed E-state index contributed by atoms with van der Waals surface area (Å²) in [6.45, 7) is 7.43. The largest absolute Gasteiger partial charge is 0.335 e. The molecule has 1 aromatic rings. The van der Waals surface area contributed by atoms with Crippen molar-refractivity contribution in [3.05, 3.63) is 18.2 Å². The van der Waals surface area contributed by atoms with Crippen LogP contribution in [0.5, 0.6) is 0 Å². The van der Waals surface area contributed by atoms with E-state index in [-0.39, 0.29) is 6.04 Å². The van der Waals surface area contributed by atoms with Crippen LogP contribution < -0.4 is 5.73 Å². The van der Waals surface area contributed by atoms with Crippen molar-refractivity contribution >= 4 is 0 Å². The SMILES string of the molecule is CCn1ccnc1CC(C)CC(C)N. The Kier molecular flexibility index (Phi) is 4.14. The summed E-state index contributed by atoms with van der Waals surface area (Å²) in [7, 11) is 0. The molecule has 1 aromatic heterocycles. The molecule has 2 unspecified atom stereocenters. The number of nitrogens with zero attached hydrogens (tertiary/aromatic N) is 2. The van der Waals surface area contributed by atoms with E-state index in [1.165, 1.54) is 5.82 Å². The highest BCUT2D eigenvalue weighted by Gasteiger charge is 2.09. The molecule has 14 heavy (non-hydrogen) atoms. The molecular formula is C11H21N3. The van der Waals surface area contributed by atoms with Crippen LogP contribution in [-0.4, -0.2) is 15.6 Å². The van der Waals surface area contributed by atoms with E-state index in [4.69, 9.17) is 5.73 Å². The molecule has 0 saturated heterocycles. The van der Waals surface area contributed by atoms with Crippen molar-refractivity contribution in [2.75, 3.05) is 0 Å². The topological polar surface area (TPSA) is 43.8 Å². The van der Waals surface area contributed by atoms with Crippen LogP contribution in [0.2, 0.25) is 0 Å². The summed E-state index contributed by atoms with van der Waals surface area (Å²) in [6.07, 6.45) is 6.00. The van der Waals surface area contributed by atoms with Gasteiger partial charge in [-0.2, -0.15) is 0 Å². The molecular weight excluding hydrogens is 174 g/mol. The lowest BCUT2D eigenvalue weighted by Crippen LogP contribution is -2.20. The molecule has 0 radical (unpaired) electrons. The summed E-state index contributed by atoms with van der Waals surface area (Å²) < 4.78 is 2.19. The lowest BCUT2D eigenvalue weighted by molar-refractivity contribution is 0.462. The van der Waals surface area contributed by atoms with Gasteiger partial charge in [0.05, 0.1) is 0 Å². The molecule has 3 heteroatoms. The van der Waals surface area contributed by atoms with E-state index in [0.717, 1.165) is 19.4 Å². The van der Waals surface area contributed by atoms with Gasteiger partial charge in [0.25, 0.3) is 0 Å². The molecule has 0 saturated carbocycles. The van der Waals surface area contributed by atoms with Crippen LogP contribution in [0.15, 0.2) is 12.4 Å². The Morgan fingerprint density at radius 3 is 2.79 bits per heavy atom. The van der Waals surface area contributed by atoms with E-state index in [2.05, 4.69) is 30.3 Å². The molecule has 0 amide bonds. The van der Waals surface area contributed by atoms with E-state index < -0.39 is 0 Å². The van der Waals surface area contributed by atoms with Gasteiger partial charge in [-0.1, -0.05) is 6.92 Å². The first kappa shape index (κ1) is 11.2. The Bertz CT molecular complexity index is 265. The van der Waals surface area contributed by atoms with Gasteiger partial charge in [0, 0.05) is 31.4 Å². The van der Waals surface area contributed by atoms with Crippen LogP contribution in [0.3, 0.4) is 0 Å². The Balaban J connectivity index is 2.51. The Morgan fingerprint density at radius 1 is 1.50 bits per heavy atom. The molecule has 1 heterocycles. The molecule has 2 atom stereocenters. The zero-order chi connectivity index (χ0) is 10.6. The van der Waals surface area contributed by atoms with Gasteiger partial charge in [-0.3, -0.25) is 0 Å². The maximum Gasteiger partial charge on any atom is 0.108 e. The van der Waals surface area contributed by atoms with Crippen LogP contribution in [0.1, 0.15) is 33.0 Å². The zero-order valence-corrected chi connectivity index (χ0v) is 9.40. The van der Waals surface area contributed by atoms with Crippen molar-refractivity contribution in [3.63, 3.8) is 0 Å². The van der Waals surface area contributed by atoms with Gasteiger partial charge in [-0.25, -0.2) is 4.98 Å². The highest BCUT2D eigenvalue weighted by atomic mass is 15.0. The van der Waals surface area contributed by atoms with Gasteiger partial charge in [0.15, 0.2) is 0 Å². The number of hydrogen-bond donors (Lipinski definition) is 1. The predicted octanol–water partition coefficient (Wildman–Crippen LogP) is 1.82. The fourth-order valence-electron chi connectivity index (χ4n) is 1.85. The number of nitrogens with two attached hydrogens (primary N) is 1. The van der Waals surface area contributed by atoms with Gasteiger partial charge in [-0.15, -0.1) is 0 Å². The summed E-state index contributed by atoms with van der Waals surface area (Å²) in [5.74, 6) is 1.79. The lowest BCUT2D eigenvalue weighted by atomic mass is 9.99. The number of aryl methyl sites for hydroxylation is 1. The van der Waals surface area contributed by atoms with Gasteiger partial charge in [0.2, 0.25) is 0 Å². The van der Waals surface area contributed by atoms with Gasteiger partial charge < -0.3 is 10.3 Å². The third-order valence-corrected chi connectivity index (χ3v) is 2.45. The Hall–Kier alpha value is -0.830. The average molecular weight is 195 g/mol. The molecule has 3 nitrogen and oxygen atoms in total. The van der Waals surface area contributed by atoms with Crippen molar-refractivity contribution in [2.45, 2.75) is 46.2 Å². The first-order valence-corrected chi connectivity index (χ1v) is 5.39. The third kappa shape index (κ3) is 3.14. The van der Waals surface area contributed by atoms with Crippen LogP contribution in [0.4, 0.5) is 0 Å². The van der Waals surface area contributed by atoms with Gasteiger partial charge in [0.1, 0.15) is 5.82 Å². The van der Waals surface area contributed by atoms with Crippen molar-refractivity contribution < 1.29 is 0 Å². The van der Waals surface area contributed by atoms with E-state index in [9.17, 15) is 0 Å². The maximum absolute atomic E-state index is 5.77. The maximum atomic E-state index is 5.77. The smallest absolute Gasteiger partial charge is 0.108 e. The van der Waals surface area contributed by atoms with E-state index in [1.54, 1.807) is 0 Å². The highest BCUT2D eigenvalue weighted by Crippen LogP contribution is 2.11. The molecule has 0 aromatic carbocycles. The first-order chi connectivity index (χ1) is 6.63. The molecule has 0 bridgehead atoms. The number of hydrogen-bond acceptors (Lipinski definition) is 2. The third-order valence-electron chi connectivity index (χ3n) is 2.45. The average Bonchev–Trinajstić information content (AvgIpc) is 2.50. The highest BCUT2D eigenvalue weighted by molar-refractivity contribution is 4.93. The zero-order valence-electron chi connectivity index (χ0n) is 9.40. The molecule has 1 rings (SSSR count). The quantitative estimate of drug-likeness (QED) is 0.779. The van der Waals surface area contributed by atoms with Gasteiger partial charge >= 0.3 is 0 Å². The van der Waals surface area contributed by atoms with Crippen molar-refractivity contribution in [1.29, 1.82) is 0 Å². The van der Waals surface area contributed by atoms with Crippen LogP contribution in [0, 0.1) is 5.92 Å². The van der Waals surface area contributed by atoms with Crippen LogP contribution in [0.25, 0.3) is 0 Å². The summed E-state index contributed by atoms with van der Waals surface area (Å²) in [5, 5.41) is 0. The predicted molar refractivity (Wildman–Crippen MR) is 59.0 cm³/mol. The minimum atomic E-state index is 0.287. The molecule has 0 aliphatic carbocycles. The van der Waals surface area contributed by atoms with E-state index in [0.29, 0.717) is 5.92 Å². The normalized spacial score (nSPS) is 15.4. The second kappa shape index (κ2) is 5.15. The monoisotopic (exact) mass is 195 g/mol. The molecule has 2 N–H and O–H groups in total. The number of imidazole rings is 1. The van der Waals surface area contributed by atoms with Crippen LogP contribution in [-0.2, 0) is 13.0 Å². The van der Waals surface area contributed by atoms with Crippen molar-refractivity contribution in [2.24, 2.45) is 11.7 Å². The summed E-state index contributed by atoms with van der Waals surface area (Å²) in [6, 6.07) is 0.287. The summed E-state index contributed by atoms with van der Waals surface area (Å²) in [4.78, 5) is 4.36. The minimum absolute atomic E-state index is 0.287. The Morgan fingerprint density at radius 2 is 2.21 bits per heavy atom. The summed E-state index contributed by atoms with van der Waals surface area (Å²) >= 11 is 0. The van der Waals surface area contributed by atoms with Gasteiger partial charge in [-0.05, 0) is 26.2 Å². The van der Waals surface area contributed by atoms with E-state index in [1.807, 2.05) is 12.4 Å². The Labute approximate surface area is 86.3 Å². The second-order valence-electron chi connectivity index (χ2n) is 4.15. The number of aromatic nitrogens is 2. The molecule has 0 aliphatic heterocycles. The fraction of sp³-hybridized carbons (Fsp3) is 0.727. The van der Waals surface area contributed by atoms with Crippen molar-refractivity contribution in [1.82, 2.24) is 9.55 Å². The molecule has 80 valence electrons. The fourth-order valence-corrected chi connectivity index (χ4v) is 1.85. The summed E-state index contributed by atoms with van der Waals surface area (Å²) in [5.41, 5.74) is 5.77. The van der Waals surface area contributed by atoms with E-state index >= 15 is 0 Å². The second-order valence-corrected chi connectivity index (χ2v) is 4.15.